The number of carbonyl (C=O) groups excluding carboxylic acids is 4. The second-order valence-corrected chi connectivity index (χ2v) is 16.9. The van der Waals surface area contributed by atoms with E-state index in [0.717, 1.165) is 81.0 Å². The standard InChI is InChI=1S/C46H54N8O8/c1-8-23(2)39(52-46(59)61-7)44(57)54-25(4)9-15-36(54)41-47-21-35(50-41)28-11-13-30-29(17-28)22-62-38-19-31-27(18-32(30)38)12-14-34-40(31)51-42(49-34)37-16-10-24(3)53(37)43(56)33(26(5)55)20-48-45(58)60-6/h11-14,17-21,23-26,33,36-37,39,55H,8-10,15-16,22H2,1-7H3,(H,47,50)(H,49,51)(H,52,59)/b48-20+/t23-,24-,25-,26+,33?,36-,37-,39-/m0/s1. The van der Waals surface area contributed by atoms with Crippen molar-refractivity contribution in [1.29, 1.82) is 0 Å². The summed E-state index contributed by atoms with van der Waals surface area (Å²) in [7, 11) is 2.50. The van der Waals surface area contributed by atoms with Gasteiger partial charge in [0.15, 0.2) is 0 Å². The summed E-state index contributed by atoms with van der Waals surface area (Å²) in [5.41, 5.74) is 6.42. The van der Waals surface area contributed by atoms with E-state index in [1.807, 2.05) is 50.9 Å². The SMILES string of the molecule is CC[C@H](C)[C@H](NC(=O)OC)C(=O)N1[C@@H](C)CC[C@H]1c1ncc(-c2ccc3c(c2)COc2cc4c(ccc5[nH]c([C@@H]6CC[C@H](C)N6C(=O)C(/C=N/C(=O)OC)[C@@H](C)O)nc54)cc2-3)[nH]1. The third-order valence-corrected chi connectivity index (χ3v) is 13.0. The number of aliphatic hydroxyl groups is 1. The number of aromatic amines is 2. The number of amides is 4. The zero-order valence-electron chi connectivity index (χ0n) is 36.1. The van der Waals surface area contributed by atoms with Gasteiger partial charge in [-0.3, -0.25) is 9.59 Å². The van der Waals surface area contributed by atoms with Crippen LogP contribution in [-0.4, -0.2) is 104 Å². The Kier molecular flexibility index (Phi) is 11.8. The number of benzene rings is 3. The molecule has 4 amide bonds. The van der Waals surface area contributed by atoms with Crippen LogP contribution in [0.25, 0.3) is 44.2 Å². The molecule has 0 aliphatic carbocycles. The van der Waals surface area contributed by atoms with Crippen LogP contribution in [0, 0.1) is 11.8 Å². The van der Waals surface area contributed by atoms with Crippen LogP contribution in [0.2, 0.25) is 0 Å². The number of alkyl carbamates (subject to hydrolysis) is 1. The first-order chi connectivity index (χ1) is 29.8. The highest BCUT2D eigenvalue weighted by Crippen LogP contribution is 2.44. The highest BCUT2D eigenvalue weighted by molar-refractivity contribution is 6.07. The number of aliphatic imine (C=N–C) groups is 1. The van der Waals surface area contributed by atoms with E-state index in [4.69, 9.17) is 19.4 Å². The average Bonchev–Trinajstić information content (AvgIpc) is 4.09. The van der Waals surface area contributed by atoms with Gasteiger partial charge in [-0.2, -0.15) is 4.99 Å². The minimum atomic E-state index is -1.08. The fraction of sp³-hybridized carbons (Fsp3) is 0.457. The number of rotatable bonds is 10. The van der Waals surface area contributed by atoms with Crippen LogP contribution in [0.1, 0.15) is 96.0 Å². The number of fused-ring (bicyclic) bond motifs is 6. The minimum Gasteiger partial charge on any atom is -0.488 e. The third-order valence-electron chi connectivity index (χ3n) is 13.0. The predicted octanol–water partition coefficient (Wildman–Crippen LogP) is 7.37. The monoisotopic (exact) mass is 846 g/mol. The number of H-pyrrole nitrogens is 2. The molecule has 0 radical (unpaired) electrons. The smallest absolute Gasteiger partial charge is 0.432 e. The summed E-state index contributed by atoms with van der Waals surface area (Å²) in [5.74, 6) is 0.493. The second-order valence-electron chi connectivity index (χ2n) is 16.9. The summed E-state index contributed by atoms with van der Waals surface area (Å²) in [5, 5.41) is 15.2. The van der Waals surface area contributed by atoms with Gasteiger partial charge in [-0.25, -0.2) is 19.6 Å². The lowest BCUT2D eigenvalue weighted by Gasteiger charge is -2.33. The number of hydrogen-bond donors (Lipinski definition) is 4. The predicted molar refractivity (Wildman–Crippen MR) is 232 cm³/mol. The van der Waals surface area contributed by atoms with Gasteiger partial charge >= 0.3 is 12.2 Å². The van der Waals surface area contributed by atoms with E-state index in [2.05, 4.69) is 55.3 Å². The number of aliphatic hydroxyl groups excluding tert-OH is 1. The summed E-state index contributed by atoms with van der Waals surface area (Å²) in [6.07, 6.45) is 4.12. The number of likely N-dealkylation sites (tertiary alicyclic amines) is 2. The summed E-state index contributed by atoms with van der Waals surface area (Å²) in [6.45, 7) is 9.81. The van der Waals surface area contributed by atoms with Crippen LogP contribution in [-0.2, 0) is 25.7 Å². The molecular weight excluding hydrogens is 793 g/mol. The number of carbonyl (C=O) groups is 4. The maximum Gasteiger partial charge on any atom is 0.432 e. The highest BCUT2D eigenvalue weighted by Gasteiger charge is 2.43. The van der Waals surface area contributed by atoms with Gasteiger partial charge in [0, 0.05) is 29.2 Å². The highest BCUT2D eigenvalue weighted by atomic mass is 16.5. The Labute approximate surface area is 359 Å². The number of ether oxygens (including phenoxy) is 3. The quantitative estimate of drug-likeness (QED) is 0.103. The number of nitrogens with zero attached hydrogens (tertiary/aromatic N) is 5. The van der Waals surface area contributed by atoms with Crippen LogP contribution in [0.4, 0.5) is 9.59 Å². The zero-order chi connectivity index (χ0) is 44.0. The van der Waals surface area contributed by atoms with Crippen molar-refractivity contribution in [3.05, 3.63) is 65.9 Å². The molecule has 8 atom stereocenters. The molecule has 8 rings (SSSR count). The first-order valence-corrected chi connectivity index (χ1v) is 21.4. The Morgan fingerprint density at radius 3 is 2.35 bits per heavy atom. The molecular formula is C46H54N8O8. The molecule has 1 unspecified atom stereocenters. The summed E-state index contributed by atoms with van der Waals surface area (Å²) >= 11 is 0. The molecule has 0 spiro atoms. The molecule has 5 heterocycles. The minimum absolute atomic E-state index is 0.0240. The number of aromatic nitrogens is 4. The number of nitrogens with one attached hydrogen (secondary N) is 3. The van der Waals surface area contributed by atoms with Crippen LogP contribution in [0.15, 0.2) is 53.7 Å². The fourth-order valence-corrected chi connectivity index (χ4v) is 9.32. The van der Waals surface area contributed by atoms with E-state index < -0.39 is 30.3 Å². The Bertz CT molecular complexity index is 2560. The molecule has 2 aromatic heterocycles. The van der Waals surface area contributed by atoms with Crippen molar-refractivity contribution in [2.45, 2.75) is 110 Å². The molecule has 16 nitrogen and oxygen atoms in total. The lowest BCUT2D eigenvalue weighted by Crippen LogP contribution is -2.53. The molecule has 0 bridgehead atoms. The maximum atomic E-state index is 14.0. The van der Waals surface area contributed by atoms with E-state index in [1.165, 1.54) is 21.1 Å². The molecule has 2 fully saturated rings. The molecule has 62 heavy (non-hydrogen) atoms. The van der Waals surface area contributed by atoms with Crippen LogP contribution in [0.3, 0.4) is 0 Å². The summed E-state index contributed by atoms with van der Waals surface area (Å²) in [6, 6.07) is 13.0. The average molecular weight is 847 g/mol. The van der Waals surface area contributed by atoms with Crippen molar-refractivity contribution in [2.75, 3.05) is 14.2 Å². The van der Waals surface area contributed by atoms with E-state index in [0.29, 0.717) is 31.1 Å². The number of imidazole rings is 2. The Hall–Kier alpha value is -6.29. The number of hydrogen-bond acceptors (Lipinski definition) is 10. The van der Waals surface area contributed by atoms with Gasteiger partial charge < -0.3 is 44.4 Å². The van der Waals surface area contributed by atoms with Crippen molar-refractivity contribution in [3.8, 4) is 28.1 Å². The van der Waals surface area contributed by atoms with Crippen LogP contribution in [0.5, 0.6) is 5.75 Å². The number of methoxy groups -OCH3 is 2. The van der Waals surface area contributed by atoms with Crippen molar-refractivity contribution in [1.82, 2.24) is 35.1 Å². The zero-order valence-corrected chi connectivity index (χ0v) is 36.1. The van der Waals surface area contributed by atoms with E-state index in [1.54, 1.807) is 4.90 Å². The first-order valence-electron chi connectivity index (χ1n) is 21.4. The van der Waals surface area contributed by atoms with Crippen molar-refractivity contribution in [3.63, 3.8) is 0 Å². The van der Waals surface area contributed by atoms with E-state index in [-0.39, 0.29) is 41.9 Å². The molecule has 4 N–H and O–H groups in total. The molecule has 3 aliphatic heterocycles. The van der Waals surface area contributed by atoms with Gasteiger partial charge in [-0.1, -0.05) is 38.5 Å². The fourth-order valence-electron chi connectivity index (χ4n) is 9.32. The lowest BCUT2D eigenvalue weighted by molar-refractivity contribution is -0.139. The molecule has 5 aromatic rings. The Morgan fingerprint density at radius 1 is 0.935 bits per heavy atom. The third kappa shape index (κ3) is 7.76. The maximum absolute atomic E-state index is 14.0. The Morgan fingerprint density at radius 2 is 1.66 bits per heavy atom. The van der Waals surface area contributed by atoms with E-state index in [9.17, 15) is 24.3 Å². The first kappa shape index (κ1) is 42.4. The Balaban J connectivity index is 1.04. The normalized spacial score (nSPS) is 21.6. The van der Waals surface area contributed by atoms with Gasteiger partial charge in [0.2, 0.25) is 11.8 Å². The molecule has 0 saturated carbocycles. The van der Waals surface area contributed by atoms with Crippen LogP contribution >= 0.6 is 0 Å². The molecule has 326 valence electrons. The van der Waals surface area contributed by atoms with Gasteiger partial charge in [-0.15, -0.1) is 0 Å². The summed E-state index contributed by atoms with van der Waals surface area (Å²) < 4.78 is 15.9. The van der Waals surface area contributed by atoms with E-state index >= 15 is 0 Å². The van der Waals surface area contributed by atoms with Crippen molar-refractivity contribution >= 4 is 52.0 Å². The molecule has 16 heteroatoms. The van der Waals surface area contributed by atoms with Crippen LogP contribution < -0.4 is 10.1 Å². The van der Waals surface area contributed by atoms with Gasteiger partial charge in [0.05, 0.1) is 61.2 Å². The largest absolute Gasteiger partial charge is 0.488 e. The van der Waals surface area contributed by atoms with Crippen molar-refractivity contribution in [2.24, 2.45) is 16.8 Å². The summed E-state index contributed by atoms with van der Waals surface area (Å²) in [4.78, 5) is 76.0. The van der Waals surface area contributed by atoms with Gasteiger partial charge in [0.1, 0.15) is 30.0 Å². The molecule has 2 saturated heterocycles. The molecule has 3 aromatic carbocycles. The topological polar surface area (TPSA) is 204 Å². The van der Waals surface area contributed by atoms with Gasteiger partial charge in [-0.05, 0) is 98.7 Å². The molecule has 3 aliphatic rings. The van der Waals surface area contributed by atoms with Crippen molar-refractivity contribution < 1.29 is 38.5 Å². The van der Waals surface area contributed by atoms with Gasteiger partial charge in [0.25, 0.3) is 0 Å². The lowest BCUT2D eigenvalue weighted by atomic mass is 9.92. The second kappa shape index (κ2) is 17.2.